The number of piperidine rings is 1. The lowest BCUT2D eigenvalue weighted by Crippen LogP contribution is -2.60. The monoisotopic (exact) mass is 241 g/mol. The van der Waals surface area contributed by atoms with Crippen molar-refractivity contribution < 1.29 is 19.5 Å². The molecular weight excluding hydrogens is 226 g/mol. The zero-order chi connectivity index (χ0) is 12.4. The summed E-state index contributed by atoms with van der Waals surface area (Å²) >= 11 is 0. The van der Waals surface area contributed by atoms with Gasteiger partial charge in [0, 0.05) is 19.6 Å². The number of carboxylic acid groups (broad SMARTS) is 1. The van der Waals surface area contributed by atoms with Crippen LogP contribution in [0.4, 0.5) is 4.79 Å². The largest absolute Gasteiger partial charge is 0.481 e. The molecular formula is C10H15N3O4. The Morgan fingerprint density at radius 2 is 2.12 bits per heavy atom. The highest BCUT2D eigenvalue weighted by atomic mass is 16.4. The van der Waals surface area contributed by atoms with Gasteiger partial charge in [-0.1, -0.05) is 0 Å². The van der Waals surface area contributed by atoms with Crippen molar-refractivity contribution in [2.24, 2.45) is 5.92 Å². The van der Waals surface area contributed by atoms with Crippen molar-refractivity contribution >= 4 is 17.9 Å². The van der Waals surface area contributed by atoms with Crippen LogP contribution in [0.1, 0.15) is 12.8 Å². The van der Waals surface area contributed by atoms with Crippen LogP contribution in [0.5, 0.6) is 0 Å². The average molecular weight is 241 g/mol. The van der Waals surface area contributed by atoms with Gasteiger partial charge in [-0.25, -0.2) is 4.79 Å². The van der Waals surface area contributed by atoms with Gasteiger partial charge in [-0.3, -0.25) is 9.59 Å². The first kappa shape index (κ1) is 11.7. The number of carboxylic acids is 1. The van der Waals surface area contributed by atoms with Crippen molar-refractivity contribution in [3.63, 3.8) is 0 Å². The predicted molar refractivity (Wildman–Crippen MR) is 57.3 cm³/mol. The number of rotatable bonds is 2. The zero-order valence-corrected chi connectivity index (χ0v) is 9.31. The van der Waals surface area contributed by atoms with Crippen LogP contribution in [-0.4, -0.2) is 53.6 Å². The van der Waals surface area contributed by atoms with Crippen LogP contribution in [0.2, 0.25) is 0 Å². The fourth-order valence-electron chi connectivity index (χ4n) is 1.95. The molecule has 2 aliphatic rings. The standard InChI is InChI=1S/C10H15N3O4/c14-8-7(2-1-3-11-8)12-10(17)13-4-6(5-13)9(15)16/h6-7H,1-5H2,(H,11,14)(H,12,17)(H,15,16). The number of urea groups is 1. The third-order valence-corrected chi connectivity index (χ3v) is 3.10. The number of nitrogens with one attached hydrogen (secondary N) is 2. The van der Waals surface area contributed by atoms with E-state index in [1.165, 1.54) is 4.90 Å². The minimum atomic E-state index is -0.885. The SMILES string of the molecule is O=C(O)C1CN(C(=O)NC2CCCNC2=O)C1. The number of hydrogen-bond donors (Lipinski definition) is 3. The summed E-state index contributed by atoms with van der Waals surface area (Å²) in [7, 11) is 0. The second-order valence-electron chi connectivity index (χ2n) is 4.38. The molecule has 7 heteroatoms. The van der Waals surface area contributed by atoms with Crippen molar-refractivity contribution in [1.29, 1.82) is 0 Å². The van der Waals surface area contributed by atoms with Crippen molar-refractivity contribution in [3.8, 4) is 0 Å². The summed E-state index contributed by atoms with van der Waals surface area (Å²) in [6.07, 6.45) is 1.47. The number of hydrogen-bond acceptors (Lipinski definition) is 3. The quantitative estimate of drug-likeness (QED) is 0.577. The lowest BCUT2D eigenvalue weighted by atomic mass is 10.0. The summed E-state index contributed by atoms with van der Waals surface area (Å²) in [5.41, 5.74) is 0. The first-order valence-electron chi connectivity index (χ1n) is 5.64. The van der Waals surface area contributed by atoms with Crippen molar-refractivity contribution in [1.82, 2.24) is 15.5 Å². The maximum Gasteiger partial charge on any atom is 0.318 e. The number of aliphatic carboxylic acids is 1. The topological polar surface area (TPSA) is 98.7 Å². The van der Waals surface area contributed by atoms with Crippen molar-refractivity contribution in [2.45, 2.75) is 18.9 Å². The Morgan fingerprint density at radius 1 is 1.41 bits per heavy atom. The van der Waals surface area contributed by atoms with Gasteiger partial charge in [0.2, 0.25) is 5.91 Å². The molecule has 3 amide bonds. The van der Waals surface area contributed by atoms with E-state index < -0.39 is 17.9 Å². The number of nitrogens with zero attached hydrogens (tertiary/aromatic N) is 1. The minimum Gasteiger partial charge on any atom is -0.481 e. The number of carbonyl (C=O) groups is 3. The van der Waals surface area contributed by atoms with Crippen LogP contribution in [0.25, 0.3) is 0 Å². The molecule has 2 saturated heterocycles. The Balaban J connectivity index is 1.78. The second kappa shape index (κ2) is 4.60. The van der Waals surface area contributed by atoms with Gasteiger partial charge >= 0.3 is 12.0 Å². The molecule has 0 radical (unpaired) electrons. The third-order valence-electron chi connectivity index (χ3n) is 3.10. The fraction of sp³-hybridized carbons (Fsp3) is 0.700. The molecule has 0 aromatic carbocycles. The summed E-state index contributed by atoms with van der Waals surface area (Å²) in [4.78, 5) is 35.0. The van der Waals surface area contributed by atoms with Crippen LogP contribution in [0, 0.1) is 5.92 Å². The summed E-state index contributed by atoms with van der Waals surface area (Å²) in [5.74, 6) is -1.52. The summed E-state index contributed by atoms with van der Waals surface area (Å²) in [6.45, 7) is 1.08. The Hall–Kier alpha value is -1.79. The van der Waals surface area contributed by atoms with E-state index in [9.17, 15) is 14.4 Å². The predicted octanol–water partition coefficient (Wildman–Crippen LogP) is -1.01. The van der Waals surface area contributed by atoms with Crippen LogP contribution in [-0.2, 0) is 9.59 Å². The molecule has 3 N–H and O–H groups in total. The lowest BCUT2D eigenvalue weighted by Gasteiger charge is -2.37. The molecule has 2 aliphatic heterocycles. The summed E-state index contributed by atoms with van der Waals surface area (Å²) in [6, 6.07) is -0.843. The van der Waals surface area contributed by atoms with Crippen molar-refractivity contribution in [3.05, 3.63) is 0 Å². The molecule has 94 valence electrons. The molecule has 2 rings (SSSR count). The maximum atomic E-state index is 11.6. The van der Waals surface area contributed by atoms with Crippen LogP contribution in [0.15, 0.2) is 0 Å². The van der Waals surface area contributed by atoms with Gasteiger partial charge in [0.05, 0.1) is 5.92 Å². The molecule has 17 heavy (non-hydrogen) atoms. The Labute approximate surface area is 98.2 Å². The van der Waals surface area contributed by atoms with E-state index in [0.717, 1.165) is 6.42 Å². The number of carbonyl (C=O) groups excluding carboxylic acids is 2. The number of amides is 3. The molecule has 0 aromatic heterocycles. The highest BCUT2D eigenvalue weighted by molar-refractivity contribution is 5.88. The highest BCUT2D eigenvalue weighted by Gasteiger charge is 2.37. The lowest BCUT2D eigenvalue weighted by molar-refractivity contribution is -0.146. The molecule has 0 bridgehead atoms. The normalized spacial score (nSPS) is 24.8. The Kier molecular flexibility index (Phi) is 3.16. The molecule has 2 heterocycles. The van der Waals surface area contributed by atoms with E-state index in [4.69, 9.17) is 5.11 Å². The molecule has 1 unspecified atom stereocenters. The molecule has 0 aliphatic carbocycles. The van der Waals surface area contributed by atoms with E-state index in [2.05, 4.69) is 10.6 Å². The van der Waals surface area contributed by atoms with Gasteiger partial charge in [0.1, 0.15) is 6.04 Å². The molecule has 7 nitrogen and oxygen atoms in total. The first-order chi connectivity index (χ1) is 8.08. The Morgan fingerprint density at radius 3 is 2.71 bits per heavy atom. The molecule has 1 atom stereocenters. The van der Waals surface area contributed by atoms with E-state index in [-0.39, 0.29) is 25.0 Å². The average Bonchev–Trinajstić information content (AvgIpc) is 2.18. The van der Waals surface area contributed by atoms with E-state index in [1.807, 2.05) is 0 Å². The van der Waals surface area contributed by atoms with Gasteiger partial charge in [0.15, 0.2) is 0 Å². The first-order valence-corrected chi connectivity index (χ1v) is 5.64. The fourth-order valence-corrected chi connectivity index (χ4v) is 1.95. The van der Waals surface area contributed by atoms with Gasteiger partial charge < -0.3 is 20.6 Å². The minimum absolute atomic E-state index is 0.167. The van der Waals surface area contributed by atoms with E-state index in [0.29, 0.717) is 13.0 Å². The van der Waals surface area contributed by atoms with Gasteiger partial charge in [0.25, 0.3) is 0 Å². The number of likely N-dealkylation sites (tertiary alicyclic amines) is 1. The zero-order valence-electron chi connectivity index (χ0n) is 9.31. The van der Waals surface area contributed by atoms with Crippen LogP contribution in [0.3, 0.4) is 0 Å². The Bertz CT molecular complexity index is 351. The smallest absolute Gasteiger partial charge is 0.318 e. The van der Waals surface area contributed by atoms with E-state index in [1.54, 1.807) is 0 Å². The molecule has 0 aromatic rings. The maximum absolute atomic E-state index is 11.6. The molecule has 0 spiro atoms. The van der Waals surface area contributed by atoms with Gasteiger partial charge in [-0.15, -0.1) is 0 Å². The van der Waals surface area contributed by atoms with Crippen LogP contribution >= 0.6 is 0 Å². The van der Waals surface area contributed by atoms with E-state index >= 15 is 0 Å². The second-order valence-corrected chi connectivity index (χ2v) is 4.38. The van der Waals surface area contributed by atoms with Gasteiger partial charge in [-0.2, -0.15) is 0 Å². The summed E-state index contributed by atoms with van der Waals surface area (Å²) in [5, 5.41) is 14.0. The van der Waals surface area contributed by atoms with Gasteiger partial charge in [-0.05, 0) is 12.8 Å². The van der Waals surface area contributed by atoms with Crippen LogP contribution < -0.4 is 10.6 Å². The highest BCUT2D eigenvalue weighted by Crippen LogP contribution is 2.16. The third kappa shape index (κ3) is 2.48. The van der Waals surface area contributed by atoms with Crippen molar-refractivity contribution in [2.75, 3.05) is 19.6 Å². The summed E-state index contributed by atoms with van der Waals surface area (Å²) < 4.78 is 0. The molecule has 2 fully saturated rings. The molecule has 0 saturated carbocycles.